The van der Waals surface area contributed by atoms with E-state index < -0.39 is 47.5 Å². The second kappa shape index (κ2) is 21.7. The number of hydrogen-bond acceptors (Lipinski definition) is 11. The van der Waals surface area contributed by atoms with Crippen molar-refractivity contribution in [1.29, 1.82) is 10.8 Å². The van der Waals surface area contributed by atoms with Crippen molar-refractivity contribution in [1.82, 2.24) is 31.5 Å². The minimum absolute atomic E-state index is 0.0556. The number of guanidine groups is 2. The molecule has 1 rings (SSSR count). The standard InChI is InChI=1S/C28H55N13O6/c29-15-20(24(45)41-14-6-9-21(41)23(44)40-19(25(46)47)8-5-13-38-27(33)34)39-16-28(35,17-42)10-2-4-11-36-22(43)18(30)7-1-3-12-37-26(31)32/h17-21,39H,1-16,29-30,35H2,(H,36,43)(H,40,44)(H,46,47)(H4,31,32,37)(H4,33,34,38)/t18-,19-,20-,21-,28+/m0/s1. The molecule has 19 heteroatoms. The zero-order chi connectivity index (χ0) is 35.4. The van der Waals surface area contributed by atoms with Crippen LogP contribution in [0.4, 0.5) is 0 Å². The van der Waals surface area contributed by atoms with Crippen LogP contribution < -0.4 is 55.3 Å². The van der Waals surface area contributed by atoms with Gasteiger partial charge in [0.2, 0.25) is 17.7 Å². The highest BCUT2D eigenvalue weighted by atomic mass is 16.4. The van der Waals surface area contributed by atoms with E-state index in [4.69, 9.17) is 39.5 Å². The predicted molar refractivity (Wildman–Crippen MR) is 176 cm³/mol. The SMILES string of the molecule is N=C(N)NCCCC[C@H](N)C(=O)NCCCC[C@](N)(C=O)CN[C@@H](CN)C(=O)N1CCC[C@H]1C(=O)N[C@@H](CCCNC(=N)N)C(=O)O. The van der Waals surface area contributed by atoms with Crippen molar-refractivity contribution >= 4 is 41.9 Å². The molecule has 0 bridgehead atoms. The van der Waals surface area contributed by atoms with E-state index in [0.29, 0.717) is 64.3 Å². The number of hydrogen-bond donors (Lipinski definition) is 13. The van der Waals surface area contributed by atoms with Crippen LogP contribution in [-0.4, -0.2) is 121 Å². The van der Waals surface area contributed by atoms with E-state index in [9.17, 15) is 29.1 Å². The minimum atomic E-state index is -1.31. The molecule has 1 saturated heterocycles. The molecule has 0 radical (unpaired) electrons. The maximum Gasteiger partial charge on any atom is 0.326 e. The lowest BCUT2D eigenvalue weighted by Gasteiger charge is -2.31. The summed E-state index contributed by atoms with van der Waals surface area (Å²) in [7, 11) is 0. The summed E-state index contributed by atoms with van der Waals surface area (Å²) in [6.45, 7) is 1.25. The van der Waals surface area contributed by atoms with E-state index in [-0.39, 0.29) is 56.8 Å². The zero-order valence-electron chi connectivity index (χ0n) is 27.0. The molecule has 0 aromatic carbocycles. The number of aldehydes is 1. The maximum atomic E-state index is 13.4. The highest BCUT2D eigenvalue weighted by molar-refractivity contribution is 5.92. The Balaban J connectivity index is 2.55. The van der Waals surface area contributed by atoms with Crippen LogP contribution in [0.2, 0.25) is 0 Å². The Morgan fingerprint density at radius 1 is 0.936 bits per heavy atom. The quantitative estimate of drug-likeness (QED) is 0.0201. The summed E-state index contributed by atoms with van der Waals surface area (Å²) in [4.78, 5) is 63.6. The first-order chi connectivity index (χ1) is 22.2. The van der Waals surface area contributed by atoms with Crippen molar-refractivity contribution < 1.29 is 29.1 Å². The Morgan fingerprint density at radius 2 is 1.55 bits per heavy atom. The van der Waals surface area contributed by atoms with Crippen LogP contribution in [0, 0.1) is 10.8 Å². The second-order valence-corrected chi connectivity index (χ2v) is 11.8. The number of rotatable bonds is 24. The van der Waals surface area contributed by atoms with Crippen LogP contribution in [-0.2, 0) is 24.0 Å². The van der Waals surface area contributed by atoms with Crippen molar-refractivity contribution in [2.45, 2.75) is 93.9 Å². The Morgan fingerprint density at radius 3 is 2.15 bits per heavy atom. The number of carboxylic acids is 1. The molecule has 18 N–H and O–H groups in total. The number of unbranched alkanes of at least 4 members (excludes halogenated alkanes) is 2. The van der Waals surface area contributed by atoms with E-state index in [2.05, 4.69) is 26.6 Å². The van der Waals surface area contributed by atoms with E-state index >= 15 is 0 Å². The molecule has 0 aromatic rings. The lowest BCUT2D eigenvalue weighted by atomic mass is 9.94. The second-order valence-electron chi connectivity index (χ2n) is 11.8. The van der Waals surface area contributed by atoms with Crippen molar-refractivity contribution in [3.05, 3.63) is 0 Å². The van der Waals surface area contributed by atoms with E-state index in [1.807, 2.05) is 0 Å². The molecule has 0 aliphatic carbocycles. The van der Waals surface area contributed by atoms with Gasteiger partial charge in [-0.1, -0.05) is 0 Å². The van der Waals surface area contributed by atoms with Crippen LogP contribution >= 0.6 is 0 Å². The lowest BCUT2D eigenvalue weighted by Crippen LogP contribution is -2.59. The fourth-order valence-corrected chi connectivity index (χ4v) is 5.10. The number of likely N-dealkylation sites (tertiary alicyclic amines) is 1. The summed E-state index contributed by atoms with van der Waals surface area (Å²) >= 11 is 0. The van der Waals surface area contributed by atoms with Gasteiger partial charge in [0.25, 0.3) is 0 Å². The predicted octanol–water partition coefficient (Wildman–Crippen LogP) is -4.11. The molecule has 0 spiro atoms. The van der Waals surface area contributed by atoms with Gasteiger partial charge in [0.1, 0.15) is 18.4 Å². The van der Waals surface area contributed by atoms with Crippen LogP contribution in [0.25, 0.3) is 0 Å². The Kier molecular flexibility index (Phi) is 18.9. The Bertz CT molecular complexity index is 1060. The third kappa shape index (κ3) is 15.9. The maximum absolute atomic E-state index is 13.4. The summed E-state index contributed by atoms with van der Waals surface area (Å²) in [6, 6.07) is -3.65. The summed E-state index contributed by atoms with van der Waals surface area (Å²) in [5.41, 5.74) is 27.2. The van der Waals surface area contributed by atoms with Crippen molar-refractivity contribution in [3.63, 3.8) is 0 Å². The fourth-order valence-electron chi connectivity index (χ4n) is 5.10. The molecular weight excluding hydrogens is 614 g/mol. The number of amides is 3. The molecule has 47 heavy (non-hydrogen) atoms. The van der Waals surface area contributed by atoms with Crippen molar-refractivity contribution in [3.8, 4) is 0 Å². The molecule has 0 aromatic heterocycles. The summed E-state index contributed by atoms with van der Waals surface area (Å²) in [6.07, 6.45) is 5.16. The molecule has 0 saturated carbocycles. The minimum Gasteiger partial charge on any atom is -0.480 e. The number of carbonyl (C=O) groups excluding carboxylic acids is 4. The average Bonchev–Trinajstić information content (AvgIpc) is 3.52. The fraction of sp³-hybridized carbons (Fsp3) is 0.750. The van der Waals surface area contributed by atoms with Gasteiger partial charge in [-0.2, -0.15) is 0 Å². The average molecular weight is 670 g/mol. The third-order valence-corrected chi connectivity index (χ3v) is 7.85. The molecule has 1 aliphatic rings. The number of nitrogens with two attached hydrogens (primary N) is 5. The molecule has 268 valence electrons. The van der Waals surface area contributed by atoms with Crippen LogP contribution in [0.5, 0.6) is 0 Å². The Labute approximate surface area is 275 Å². The van der Waals surface area contributed by atoms with Crippen molar-refractivity contribution in [2.24, 2.45) is 28.7 Å². The van der Waals surface area contributed by atoms with Gasteiger partial charge in [-0.25, -0.2) is 4.79 Å². The topological polar surface area (TPSA) is 347 Å². The van der Waals surface area contributed by atoms with Gasteiger partial charge >= 0.3 is 5.97 Å². The van der Waals surface area contributed by atoms with Crippen molar-refractivity contribution in [2.75, 3.05) is 39.3 Å². The first-order valence-electron chi connectivity index (χ1n) is 16.0. The van der Waals surface area contributed by atoms with E-state index in [0.717, 1.165) is 6.42 Å². The van der Waals surface area contributed by atoms with Gasteiger partial charge < -0.3 is 70.1 Å². The Hall–Kier alpha value is -4.07. The van der Waals surface area contributed by atoms with Crippen LogP contribution in [0.15, 0.2) is 0 Å². The zero-order valence-corrected chi connectivity index (χ0v) is 27.0. The lowest BCUT2D eigenvalue weighted by molar-refractivity contribution is -0.144. The molecular formula is C28H55N13O6. The number of nitrogens with zero attached hydrogens (tertiary/aromatic N) is 1. The van der Waals surface area contributed by atoms with E-state index in [1.54, 1.807) is 0 Å². The van der Waals surface area contributed by atoms with Gasteiger partial charge in [0.05, 0.1) is 17.6 Å². The monoisotopic (exact) mass is 669 g/mol. The number of aliphatic carboxylic acids is 1. The summed E-state index contributed by atoms with van der Waals surface area (Å²) in [5, 5.41) is 37.3. The van der Waals surface area contributed by atoms with Gasteiger partial charge in [-0.15, -0.1) is 0 Å². The van der Waals surface area contributed by atoms with Crippen LogP contribution in [0.3, 0.4) is 0 Å². The van der Waals surface area contributed by atoms with Gasteiger partial charge in [-0.3, -0.25) is 25.2 Å². The first kappa shape index (κ1) is 41.0. The highest BCUT2D eigenvalue weighted by Crippen LogP contribution is 2.19. The first-order valence-corrected chi connectivity index (χ1v) is 16.0. The number of carboxylic acid groups (broad SMARTS) is 1. The number of carbonyl (C=O) groups is 5. The third-order valence-electron chi connectivity index (χ3n) is 7.85. The van der Waals surface area contributed by atoms with Crippen LogP contribution in [0.1, 0.15) is 64.2 Å². The molecule has 1 aliphatic heterocycles. The molecule has 0 unspecified atom stereocenters. The van der Waals surface area contributed by atoms with Gasteiger partial charge in [-0.05, 0) is 64.2 Å². The molecule has 19 nitrogen and oxygen atoms in total. The molecule has 5 atom stereocenters. The smallest absolute Gasteiger partial charge is 0.326 e. The summed E-state index contributed by atoms with van der Waals surface area (Å²) in [5.74, 6) is -2.88. The largest absolute Gasteiger partial charge is 0.480 e. The van der Waals surface area contributed by atoms with E-state index in [1.165, 1.54) is 4.90 Å². The summed E-state index contributed by atoms with van der Waals surface area (Å²) < 4.78 is 0. The molecule has 1 fully saturated rings. The molecule has 3 amide bonds. The number of nitrogens with one attached hydrogen (secondary N) is 7. The van der Waals surface area contributed by atoms with Gasteiger partial charge in [0, 0.05) is 39.3 Å². The normalized spacial score (nSPS) is 17.4. The van der Waals surface area contributed by atoms with Gasteiger partial charge in [0.15, 0.2) is 11.9 Å². The molecule has 1 heterocycles. The highest BCUT2D eigenvalue weighted by Gasteiger charge is 2.38.